The Balaban J connectivity index is 2.68. The van der Waals surface area contributed by atoms with Gasteiger partial charge in [0.2, 0.25) is 0 Å². The van der Waals surface area contributed by atoms with E-state index < -0.39 is 5.60 Å². The topological polar surface area (TPSA) is 38.7 Å². The van der Waals surface area contributed by atoms with E-state index in [1.807, 2.05) is 13.0 Å². The van der Waals surface area contributed by atoms with E-state index in [0.29, 0.717) is 25.4 Å². The smallest absolute Gasteiger partial charge is 0.144 e. The summed E-state index contributed by atoms with van der Waals surface area (Å²) >= 11 is 0. The minimum absolute atomic E-state index is 0.301. The highest BCUT2D eigenvalue weighted by atomic mass is 16.5. The van der Waals surface area contributed by atoms with Gasteiger partial charge in [-0.25, -0.2) is 0 Å². The molecule has 1 unspecified atom stereocenters. The summed E-state index contributed by atoms with van der Waals surface area (Å²) in [6.45, 7) is 2.94. The van der Waals surface area contributed by atoms with Crippen molar-refractivity contribution in [2.24, 2.45) is 0 Å². The molecule has 3 heteroatoms. The fourth-order valence-electron chi connectivity index (χ4n) is 1.47. The molecule has 0 radical (unpaired) electrons. The Morgan fingerprint density at radius 1 is 1.69 bits per heavy atom. The van der Waals surface area contributed by atoms with E-state index in [0.717, 1.165) is 12.8 Å². The second kappa shape index (κ2) is 4.63. The van der Waals surface area contributed by atoms with Gasteiger partial charge in [-0.2, -0.15) is 0 Å². The summed E-state index contributed by atoms with van der Waals surface area (Å²) in [6.07, 6.45) is 4.61. The molecule has 1 heterocycles. The van der Waals surface area contributed by atoms with Crippen LogP contribution < -0.4 is 0 Å². The molecule has 1 aliphatic heterocycles. The van der Waals surface area contributed by atoms with Crippen molar-refractivity contribution in [1.29, 1.82) is 0 Å². The van der Waals surface area contributed by atoms with Crippen LogP contribution in [0.15, 0.2) is 11.8 Å². The van der Waals surface area contributed by atoms with Crippen molar-refractivity contribution < 1.29 is 14.6 Å². The largest absolute Gasteiger partial charge is 0.495 e. The van der Waals surface area contributed by atoms with E-state index >= 15 is 0 Å². The fourth-order valence-corrected chi connectivity index (χ4v) is 1.47. The minimum Gasteiger partial charge on any atom is -0.495 e. The number of allylic oxidation sites excluding steroid dienone is 1. The van der Waals surface area contributed by atoms with Crippen LogP contribution in [0.25, 0.3) is 0 Å². The highest BCUT2D eigenvalue weighted by Gasteiger charge is 2.32. The highest BCUT2D eigenvalue weighted by Crippen LogP contribution is 2.25. The number of rotatable bonds is 4. The van der Waals surface area contributed by atoms with Crippen molar-refractivity contribution in [3.8, 4) is 0 Å². The molecule has 0 saturated heterocycles. The van der Waals surface area contributed by atoms with Crippen LogP contribution >= 0.6 is 0 Å². The number of ether oxygens (including phenoxy) is 2. The lowest BCUT2D eigenvalue weighted by molar-refractivity contribution is -0.0495. The van der Waals surface area contributed by atoms with Crippen LogP contribution in [-0.4, -0.2) is 31.0 Å². The molecule has 1 N–H and O–H groups in total. The first-order valence-electron chi connectivity index (χ1n) is 4.77. The molecular formula is C10H18O3. The van der Waals surface area contributed by atoms with Crippen LogP contribution in [0.5, 0.6) is 0 Å². The van der Waals surface area contributed by atoms with E-state index in [2.05, 4.69) is 0 Å². The second-order valence-corrected chi connectivity index (χ2v) is 3.38. The number of hydrogen-bond donors (Lipinski definition) is 1. The molecule has 3 nitrogen and oxygen atoms in total. The van der Waals surface area contributed by atoms with Gasteiger partial charge in [0.25, 0.3) is 0 Å². The molecule has 0 aromatic carbocycles. The fraction of sp³-hybridized carbons (Fsp3) is 0.800. The normalized spacial score (nSPS) is 21.6. The average Bonchev–Trinajstić information content (AvgIpc) is 2.19. The Morgan fingerprint density at radius 2 is 2.46 bits per heavy atom. The van der Waals surface area contributed by atoms with Gasteiger partial charge >= 0.3 is 0 Å². The third-order valence-electron chi connectivity index (χ3n) is 2.36. The molecule has 0 spiro atoms. The van der Waals surface area contributed by atoms with Crippen molar-refractivity contribution >= 4 is 0 Å². The lowest BCUT2D eigenvalue weighted by atomic mass is 9.97. The van der Waals surface area contributed by atoms with E-state index in [1.165, 1.54) is 0 Å². The summed E-state index contributed by atoms with van der Waals surface area (Å²) in [4.78, 5) is 0. The van der Waals surface area contributed by atoms with E-state index in [1.54, 1.807) is 7.11 Å². The third-order valence-corrected chi connectivity index (χ3v) is 2.36. The summed E-state index contributed by atoms with van der Waals surface area (Å²) in [5.41, 5.74) is -0.921. The first kappa shape index (κ1) is 10.5. The summed E-state index contributed by atoms with van der Waals surface area (Å²) in [7, 11) is 1.59. The first-order valence-corrected chi connectivity index (χ1v) is 4.77. The van der Waals surface area contributed by atoms with Crippen LogP contribution in [0.4, 0.5) is 0 Å². The Bertz CT molecular complexity index is 189. The maximum absolute atomic E-state index is 10.1. The summed E-state index contributed by atoms with van der Waals surface area (Å²) < 4.78 is 10.4. The van der Waals surface area contributed by atoms with Gasteiger partial charge in [0.15, 0.2) is 0 Å². The van der Waals surface area contributed by atoms with Crippen LogP contribution in [0.2, 0.25) is 0 Å². The SMILES string of the molecule is CCC(O)(COC)C1=CCCCO1. The molecule has 76 valence electrons. The number of aliphatic hydroxyl groups is 1. The quantitative estimate of drug-likeness (QED) is 0.722. The highest BCUT2D eigenvalue weighted by molar-refractivity contribution is 5.11. The Hall–Kier alpha value is -0.540. The molecule has 13 heavy (non-hydrogen) atoms. The Morgan fingerprint density at radius 3 is 2.92 bits per heavy atom. The zero-order valence-corrected chi connectivity index (χ0v) is 8.38. The van der Waals surface area contributed by atoms with Gasteiger partial charge in [-0.05, 0) is 25.3 Å². The lowest BCUT2D eigenvalue weighted by Gasteiger charge is -2.30. The second-order valence-electron chi connectivity index (χ2n) is 3.38. The molecule has 0 saturated carbocycles. The molecule has 1 aliphatic rings. The molecule has 0 bridgehead atoms. The van der Waals surface area contributed by atoms with Crippen molar-refractivity contribution in [3.05, 3.63) is 11.8 Å². The summed E-state index contributed by atoms with van der Waals surface area (Å²) in [5.74, 6) is 0.683. The van der Waals surface area contributed by atoms with E-state index in [-0.39, 0.29) is 0 Å². The van der Waals surface area contributed by atoms with Gasteiger partial charge in [0.05, 0.1) is 13.2 Å². The molecular weight excluding hydrogens is 168 g/mol. The number of methoxy groups -OCH3 is 1. The molecule has 0 aromatic heterocycles. The molecule has 0 aromatic rings. The van der Waals surface area contributed by atoms with Crippen molar-refractivity contribution in [2.75, 3.05) is 20.3 Å². The van der Waals surface area contributed by atoms with Crippen molar-refractivity contribution in [2.45, 2.75) is 31.8 Å². The third kappa shape index (κ3) is 2.45. The maximum atomic E-state index is 10.1. The van der Waals surface area contributed by atoms with Gasteiger partial charge in [-0.15, -0.1) is 0 Å². The van der Waals surface area contributed by atoms with Gasteiger partial charge in [0.1, 0.15) is 11.4 Å². The minimum atomic E-state index is -0.921. The van der Waals surface area contributed by atoms with Gasteiger partial charge < -0.3 is 14.6 Å². The standard InChI is InChI=1S/C10H18O3/c1-3-10(11,8-12-2)9-6-4-5-7-13-9/h6,11H,3-5,7-8H2,1-2H3. The predicted molar refractivity (Wildman–Crippen MR) is 50.4 cm³/mol. The Kier molecular flexibility index (Phi) is 3.75. The van der Waals surface area contributed by atoms with Crippen LogP contribution in [0, 0.1) is 0 Å². The van der Waals surface area contributed by atoms with Gasteiger partial charge in [-0.3, -0.25) is 0 Å². The van der Waals surface area contributed by atoms with E-state index in [9.17, 15) is 5.11 Å². The predicted octanol–water partition coefficient (Wildman–Crippen LogP) is 1.47. The van der Waals surface area contributed by atoms with Gasteiger partial charge in [-0.1, -0.05) is 6.92 Å². The monoisotopic (exact) mass is 186 g/mol. The van der Waals surface area contributed by atoms with Crippen LogP contribution in [0.3, 0.4) is 0 Å². The molecule has 1 rings (SSSR count). The van der Waals surface area contributed by atoms with Crippen LogP contribution in [0.1, 0.15) is 26.2 Å². The number of hydrogen-bond acceptors (Lipinski definition) is 3. The zero-order chi connectivity index (χ0) is 9.73. The first-order chi connectivity index (χ1) is 6.23. The lowest BCUT2D eigenvalue weighted by Crippen LogP contribution is -2.37. The summed E-state index contributed by atoms with van der Waals surface area (Å²) in [6, 6.07) is 0. The summed E-state index contributed by atoms with van der Waals surface area (Å²) in [5, 5.41) is 10.1. The van der Waals surface area contributed by atoms with E-state index in [4.69, 9.17) is 9.47 Å². The van der Waals surface area contributed by atoms with Gasteiger partial charge in [0, 0.05) is 7.11 Å². The average molecular weight is 186 g/mol. The molecule has 0 aliphatic carbocycles. The zero-order valence-electron chi connectivity index (χ0n) is 8.38. The van der Waals surface area contributed by atoms with Crippen molar-refractivity contribution in [3.63, 3.8) is 0 Å². The van der Waals surface area contributed by atoms with Crippen molar-refractivity contribution in [1.82, 2.24) is 0 Å². The van der Waals surface area contributed by atoms with Crippen LogP contribution in [-0.2, 0) is 9.47 Å². The molecule has 0 fully saturated rings. The Labute approximate surface area is 79.3 Å². The molecule has 0 amide bonds. The molecule has 1 atom stereocenters. The maximum Gasteiger partial charge on any atom is 0.144 e.